The predicted molar refractivity (Wildman–Crippen MR) is 108 cm³/mol. The van der Waals surface area contributed by atoms with Gasteiger partial charge in [0, 0.05) is 24.0 Å². The van der Waals surface area contributed by atoms with Gasteiger partial charge in [0.1, 0.15) is 6.17 Å². The molecule has 1 aliphatic carbocycles. The number of anilines is 2. The largest absolute Gasteiger partial charge is 0.320 e. The molecule has 9 heteroatoms. The summed E-state index contributed by atoms with van der Waals surface area (Å²) in [7, 11) is 0. The molecule has 1 saturated heterocycles. The van der Waals surface area contributed by atoms with E-state index in [-0.39, 0.29) is 5.92 Å². The second-order valence-electron chi connectivity index (χ2n) is 7.57. The van der Waals surface area contributed by atoms with Gasteiger partial charge in [-0.15, -0.1) is 0 Å². The monoisotopic (exact) mass is 411 g/mol. The Balaban J connectivity index is 1.50. The number of nitrogens with one attached hydrogen (secondary N) is 2. The molecule has 0 radical (unpaired) electrons. The van der Waals surface area contributed by atoms with Crippen molar-refractivity contribution < 1.29 is 4.39 Å². The number of nitrogens with zero attached hydrogens (tertiary/aromatic N) is 5. The molecule has 2 aromatic heterocycles. The molecular formula is C20H19ClFN7. The molecule has 148 valence electrons. The number of hydrogen-bond acceptors (Lipinski definition) is 6. The van der Waals surface area contributed by atoms with E-state index >= 15 is 0 Å². The molecule has 0 spiro atoms. The second kappa shape index (κ2) is 7.25. The lowest BCUT2D eigenvalue weighted by Gasteiger charge is -2.27. The number of hydrogen-bond donors (Lipinski definition) is 2. The standard InChI is InChI=1S/C20H19ClFN7/c21-19-18(10-26-29(19)13-1-2-13)28-20-25-8-12-5-11(7-23)15(6-17(12)27-20)14-3-4-24-9-16(14)22/h5-6,8,10,13-14,16,24H,1-4,9H2,(H,25,27,28)/t14-,16+/m0/s1. The summed E-state index contributed by atoms with van der Waals surface area (Å²) in [5.41, 5.74) is 2.49. The lowest BCUT2D eigenvalue weighted by Crippen LogP contribution is -2.37. The molecule has 1 aromatic carbocycles. The molecule has 2 atom stereocenters. The average Bonchev–Trinajstić information content (AvgIpc) is 3.51. The van der Waals surface area contributed by atoms with Gasteiger partial charge >= 0.3 is 0 Å². The second-order valence-corrected chi connectivity index (χ2v) is 7.93. The van der Waals surface area contributed by atoms with Crippen molar-refractivity contribution in [2.75, 3.05) is 18.4 Å². The summed E-state index contributed by atoms with van der Waals surface area (Å²) in [5.74, 6) is 0.0698. The van der Waals surface area contributed by atoms with Gasteiger partial charge in [-0.05, 0) is 43.5 Å². The first kappa shape index (κ1) is 18.3. The van der Waals surface area contributed by atoms with E-state index in [9.17, 15) is 9.65 Å². The number of aromatic nitrogens is 4. The maximum atomic E-state index is 14.5. The first-order valence-electron chi connectivity index (χ1n) is 9.69. The van der Waals surface area contributed by atoms with Crippen LogP contribution in [0.1, 0.15) is 42.3 Å². The molecule has 0 unspecified atom stereocenters. The van der Waals surface area contributed by atoms with Gasteiger partial charge < -0.3 is 10.6 Å². The summed E-state index contributed by atoms with van der Waals surface area (Å²) in [4.78, 5) is 8.91. The van der Waals surface area contributed by atoms with Gasteiger partial charge in [0.2, 0.25) is 5.95 Å². The van der Waals surface area contributed by atoms with Crippen molar-refractivity contribution in [3.8, 4) is 6.07 Å². The molecule has 0 amide bonds. The van der Waals surface area contributed by atoms with Crippen molar-refractivity contribution in [3.05, 3.63) is 40.8 Å². The lowest BCUT2D eigenvalue weighted by atomic mass is 9.85. The van der Waals surface area contributed by atoms with Gasteiger partial charge in [-0.3, -0.25) is 0 Å². The van der Waals surface area contributed by atoms with E-state index < -0.39 is 6.17 Å². The maximum Gasteiger partial charge on any atom is 0.227 e. The van der Waals surface area contributed by atoms with Crippen LogP contribution in [0.5, 0.6) is 0 Å². The van der Waals surface area contributed by atoms with Crippen molar-refractivity contribution in [1.82, 2.24) is 25.1 Å². The van der Waals surface area contributed by atoms with Gasteiger partial charge in [0.05, 0.1) is 35.1 Å². The van der Waals surface area contributed by atoms with Gasteiger partial charge in [-0.25, -0.2) is 19.0 Å². The molecule has 2 aliphatic rings. The SMILES string of the molecule is N#Cc1cc2cnc(Nc3cnn(C4CC4)c3Cl)nc2cc1[C@@H]1CCNC[C@H]1F. The number of alkyl halides is 1. The number of nitriles is 1. The Bertz CT molecular complexity index is 1120. The number of halogens is 2. The molecule has 7 nitrogen and oxygen atoms in total. The van der Waals surface area contributed by atoms with Gasteiger partial charge in [0.25, 0.3) is 0 Å². The van der Waals surface area contributed by atoms with E-state index in [4.69, 9.17) is 11.6 Å². The van der Waals surface area contributed by atoms with E-state index in [1.54, 1.807) is 23.1 Å². The van der Waals surface area contributed by atoms with Gasteiger partial charge in [0.15, 0.2) is 5.15 Å². The van der Waals surface area contributed by atoms with Crippen LogP contribution in [0, 0.1) is 11.3 Å². The zero-order valence-electron chi connectivity index (χ0n) is 15.6. The fourth-order valence-electron chi connectivity index (χ4n) is 3.86. The number of fused-ring (bicyclic) bond motifs is 1. The van der Waals surface area contributed by atoms with Crippen LogP contribution < -0.4 is 10.6 Å². The van der Waals surface area contributed by atoms with Crippen molar-refractivity contribution in [2.24, 2.45) is 0 Å². The van der Waals surface area contributed by atoms with Crippen LogP contribution >= 0.6 is 11.6 Å². The summed E-state index contributed by atoms with van der Waals surface area (Å²) >= 11 is 6.41. The van der Waals surface area contributed by atoms with Crippen LogP contribution in [0.4, 0.5) is 16.0 Å². The number of piperidine rings is 1. The number of rotatable bonds is 4. The zero-order valence-corrected chi connectivity index (χ0v) is 16.3. The predicted octanol–water partition coefficient (Wildman–Crippen LogP) is 3.84. The highest BCUT2D eigenvalue weighted by atomic mass is 35.5. The van der Waals surface area contributed by atoms with Crippen LogP contribution in [0.2, 0.25) is 5.15 Å². The molecular weight excluding hydrogens is 393 g/mol. The minimum atomic E-state index is -1.03. The topological polar surface area (TPSA) is 91.5 Å². The van der Waals surface area contributed by atoms with Crippen molar-refractivity contribution in [2.45, 2.75) is 37.4 Å². The van der Waals surface area contributed by atoms with E-state index in [0.717, 1.165) is 24.8 Å². The van der Waals surface area contributed by atoms with E-state index in [0.29, 0.717) is 52.4 Å². The molecule has 3 heterocycles. The zero-order chi connectivity index (χ0) is 20.0. The molecule has 2 N–H and O–H groups in total. The van der Waals surface area contributed by atoms with Gasteiger partial charge in [-0.2, -0.15) is 10.4 Å². The molecule has 3 aromatic rings. The molecule has 0 bridgehead atoms. The smallest absolute Gasteiger partial charge is 0.227 e. The Hall–Kier alpha value is -2.76. The first-order chi connectivity index (χ1) is 14.1. The highest BCUT2D eigenvalue weighted by Gasteiger charge is 2.29. The number of benzene rings is 1. The lowest BCUT2D eigenvalue weighted by molar-refractivity contribution is 0.231. The van der Waals surface area contributed by atoms with E-state index in [2.05, 4.69) is 31.8 Å². The molecule has 2 fully saturated rings. The quantitative estimate of drug-likeness (QED) is 0.677. The summed E-state index contributed by atoms with van der Waals surface area (Å²) in [6.45, 7) is 1.03. The fourth-order valence-corrected chi connectivity index (χ4v) is 4.13. The Kier molecular flexibility index (Phi) is 4.57. The summed E-state index contributed by atoms with van der Waals surface area (Å²) in [6.07, 6.45) is 5.12. The van der Waals surface area contributed by atoms with Crippen LogP contribution in [-0.2, 0) is 0 Å². The Labute approximate surface area is 171 Å². The molecule has 1 saturated carbocycles. The third kappa shape index (κ3) is 3.41. The average molecular weight is 412 g/mol. The van der Waals surface area contributed by atoms with Crippen molar-refractivity contribution >= 4 is 34.1 Å². The molecule has 29 heavy (non-hydrogen) atoms. The van der Waals surface area contributed by atoms with Crippen LogP contribution in [-0.4, -0.2) is 39.0 Å². The fraction of sp³-hybridized carbons (Fsp3) is 0.400. The highest BCUT2D eigenvalue weighted by molar-refractivity contribution is 6.32. The van der Waals surface area contributed by atoms with Crippen LogP contribution in [0.15, 0.2) is 24.5 Å². The third-order valence-electron chi connectivity index (χ3n) is 5.55. The summed E-state index contributed by atoms with van der Waals surface area (Å²) < 4.78 is 16.3. The van der Waals surface area contributed by atoms with E-state index in [1.165, 1.54) is 0 Å². The van der Waals surface area contributed by atoms with Crippen molar-refractivity contribution in [1.29, 1.82) is 5.26 Å². The van der Waals surface area contributed by atoms with E-state index in [1.807, 2.05) is 6.07 Å². The molecule has 1 aliphatic heterocycles. The Morgan fingerprint density at radius 3 is 2.90 bits per heavy atom. The highest BCUT2D eigenvalue weighted by Crippen LogP contribution is 2.39. The van der Waals surface area contributed by atoms with Gasteiger partial charge in [-0.1, -0.05) is 11.6 Å². The molecule has 5 rings (SSSR count). The minimum absolute atomic E-state index is 0.299. The summed E-state index contributed by atoms with van der Waals surface area (Å²) in [5, 5.41) is 21.3. The Morgan fingerprint density at radius 1 is 1.28 bits per heavy atom. The normalized spacial score (nSPS) is 21.8. The van der Waals surface area contributed by atoms with Crippen molar-refractivity contribution in [3.63, 3.8) is 0 Å². The minimum Gasteiger partial charge on any atom is -0.320 e. The van der Waals surface area contributed by atoms with Crippen LogP contribution in [0.3, 0.4) is 0 Å². The maximum absolute atomic E-state index is 14.5. The first-order valence-corrected chi connectivity index (χ1v) is 10.1. The Morgan fingerprint density at radius 2 is 2.14 bits per heavy atom. The third-order valence-corrected chi connectivity index (χ3v) is 5.93. The van der Waals surface area contributed by atoms with Crippen LogP contribution in [0.25, 0.3) is 10.9 Å². The summed E-state index contributed by atoms with van der Waals surface area (Å²) in [6, 6.07) is 6.13.